The van der Waals surface area contributed by atoms with Crippen molar-refractivity contribution in [1.82, 2.24) is 5.16 Å². The van der Waals surface area contributed by atoms with Crippen LogP contribution in [0.5, 0.6) is 0 Å². The summed E-state index contributed by atoms with van der Waals surface area (Å²) >= 11 is 0. The molecule has 0 spiro atoms. The number of ether oxygens (including phenoxy) is 1. The zero-order chi connectivity index (χ0) is 22.5. The first-order chi connectivity index (χ1) is 15.6. The lowest BCUT2D eigenvalue weighted by Gasteiger charge is -2.09. The third-order valence-corrected chi connectivity index (χ3v) is 4.79. The molecule has 0 saturated carbocycles. The fourth-order valence-electron chi connectivity index (χ4n) is 3.23. The smallest absolute Gasteiger partial charge is 0.339 e. The third kappa shape index (κ3) is 4.11. The van der Waals surface area contributed by atoms with Crippen LogP contribution in [0.25, 0.3) is 28.3 Å². The Morgan fingerprint density at radius 3 is 2.56 bits per heavy atom. The van der Waals surface area contributed by atoms with Gasteiger partial charge in [-0.1, -0.05) is 53.7 Å². The van der Waals surface area contributed by atoms with Crippen molar-refractivity contribution in [3.05, 3.63) is 89.5 Å². The monoisotopic (exact) mass is 423 g/mol. The molecule has 0 aliphatic carbocycles. The molecule has 0 aliphatic heterocycles. The van der Waals surface area contributed by atoms with E-state index in [0.29, 0.717) is 16.8 Å². The minimum absolute atomic E-state index is 0.123. The molecule has 4 rings (SSSR count). The Kier molecular flexibility index (Phi) is 5.77. The van der Waals surface area contributed by atoms with Crippen LogP contribution >= 0.6 is 0 Å². The summed E-state index contributed by atoms with van der Waals surface area (Å²) < 4.78 is 10.2. The first kappa shape index (κ1) is 20.6. The number of benzene rings is 3. The number of hydrogen-bond donors (Lipinski definition) is 1. The second-order valence-corrected chi connectivity index (χ2v) is 6.82. The third-order valence-electron chi connectivity index (χ3n) is 4.79. The van der Waals surface area contributed by atoms with Crippen LogP contribution in [0.3, 0.4) is 0 Å². The van der Waals surface area contributed by atoms with Gasteiger partial charge in [-0.3, -0.25) is 4.79 Å². The van der Waals surface area contributed by atoms with E-state index < -0.39 is 11.9 Å². The SMILES string of the molecule is COC(=O)c1ccccc1NC(=O)C(C#N)=Cc1ccc2noc(-c3ccccc3)c2c1. The summed E-state index contributed by atoms with van der Waals surface area (Å²) in [6.07, 6.45) is 1.47. The number of amides is 1. The molecule has 0 saturated heterocycles. The van der Waals surface area contributed by atoms with E-state index in [2.05, 4.69) is 10.5 Å². The lowest BCUT2D eigenvalue weighted by molar-refractivity contribution is -0.112. The molecule has 3 aromatic carbocycles. The van der Waals surface area contributed by atoms with Crippen LogP contribution < -0.4 is 5.32 Å². The number of rotatable bonds is 5. The maximum absolute atomic E-state index is 12.7. The number of para-hydroxylation sites is 1. The highest BCUT2D eigenvalue weighted by Gasteiger charge is 2.16. The van der Waals surface area contributed by atoms with Crippen molar-refractivity contribution in [3.8, 4) is 17.4 Å². The second kappa shape index (κ2) is 8.98. The first-order valence-corrected chi connectivity index (χ1v) is 9.66. The molecule has 156 valence electrons. The van der Waals surface area contributed by atoms with Gasteiger partial charge in [-0.25, -0.2) is 4.79 Å². The molecule has 0 fully saturated rings. The maximum atomic E-state index is 12.7. The van der Waals surface area contributed by atoms with Gasteiger partial charge in [0.05, 0.1) is 23.7 Å². The van der Waals surface area contributed by atoms with Crippen LogP contribution in [0.4, 0.5) is 5.69 Å². The van der Waals surface area contributed by atoms with Gasteiger partial charge in [0.1, 0.15) is 17.2 Å². The topological polar surface area (TPSA) is 105 Å². The van der Waals surface area contributed by atoms with Gasteiger partial charge in [-0.05, 0) is 35.9 Å². The van der Waals surface area contributed by atoms with Gasteiger partial charge in [0.25, 0.3) is 5.91 Å². The lowest BCUT2D eigenvalue weighted by Crippen LogP contribution is -2.16. The Bertz CT molecular complexity index is 1380. The van der Waals surface area contributed by atoms with E-state index in [1.807, 2.05) is 36.4 Å². The van der Waals surface area contributed by atoms with Crippen molar-refractivity contribution in [2.45, 2.75) is 0 Å². The number of fused-ring (bicyclic) bond motifs is 1. The largest absolute Gasteiger partial charge is 0.465 e. The Labute approximate surface area is 183 Å². The molecule has 0 radical (unpaired) electrons. The summed E-state index contributed by atoms with van der Waals surface area (Å²) in [4.78, 5) is 24.7. The van der Waals surface area contributed by atoms with Gasteiger partial charge in [0, 0.05) is 5.56 Å². The van der Waals surface area contributed by atoms with E-state index in [-0.39, 0.29) is 16.8 Å². The molecule has 7 heteroatoms. The van der Waals surface area contributed by atoms with Crippen LogP contribution in [-0.4, -0.2) is 24.1 Å². The number of aromatic nitrogens is 1. The molecule has 1 N–H and O–H groups in total. The summed E-state index contributed by atoms with van der Waals surface area (Å²) in [6.45, 7) is 0. The number of nitrogens with zero attached hydrogens (tertiary/aromatic N) is 2. The molecule has 0 aliphatic rings. The average Bonchev–Trinajstić information content (AvgIpc) is 3.26. The van der Waals surface area contributed by atoms with E-state index in [1.54, 1.807) is 36.4 Å². The molecule has 1 amide bonds. The van der Waals surface area contributed by atoms with Gasteiger partial charge >= 0.3 is 5.97 Å². The van der Waals surface area contributed by atoms with Crippen LogP contribution in [0.2, 0.25) is 0 Å². The Morgan fingerprint density at radius 1 is 1.06 bits per heavy atom. The fourth-order valence-corrected chi connectivity index (χ4v) is 3.23. The van der Waals surface area contributed by atoms with E-state index in [9.17, 15) is 14.9 Å². The number of carbonyl (C=O) groups is 2. The van der Waals surface area contributed by atoms with Gasteiger partial charge in [-0.2, -0.15) is 5.26 Å². The Hall–Kier alpha value is -4.70. The van der Waals surface area contributed by atoms with Crippen molar-refractivity contribution in [1.29, 1.82) is 5.26 Å². The number of nitriles is 1. The molecule has 4 aromatic rings. The summed E-state index contributed by atoms with van der Waals surface area (Å²) in [6, 6.07) is 23.2. The highest BCUT2D eigenvalue weighted by molar-refractivity contribution is 6.12. The predicted molar refractivity (Wildman–Crippen MR) is 119 cm³/mol. The molecule has 0 bridgehead atoms. The molecular formula is C25H17N3O4. The van der Waals surface area contributed by atoms with Crippen LogP contribution in [0.1, 0.15) is 15.9 Å². The summed E-state index contributed by atoms with van der Waals surface area (Å²) in [5, 5.41) is 17.0. The van der Waals surface area contributed by atoms with E-state index in [0.717, 1.165) is 10.9 Å². The van der Waals surface area contributed by atoms with Crippen LogP contribution in [0.15, 0.2) is 82.9 Å². The number of methoxy groups -OCH3 is 1. The number of carbonyl (C=O) groups excluding carboxylic acids is 2. The second-order valence-electron chi connectivity index (χ2n) is 6.82. The minimum Gasteiger partial charge on any atom is -0.465 e. The Morgan fingerprint density at radius 2 is 1.81 bits per heavy atom. The lowest BCUT2D eigenvalue weighted by atomic mass is 10.0. The van der Waals surface area contributed by atoms with E-state index in [4.69, 9.17) is 9.26 Å². The van der Waals surface area contributed by atoms with Gasteiger partial charge in [0.15, 0.2) is 5.76 Å². The molecule has 7 nitrogen and oxygen atoms in total. The number of hydrogen-bond acceptors (Lipinski definition) is 6. The van der Waals surface area contributed by atoms with Gasteiger partial charge in [-0.15, -0.1) is 0 Å². The predicted octanol–water partition coefficient (Wildman–Crippen LogP) is 4.83. The normalized spacial score (nSPS) is 11.1. The van der Waals surface area contributed by atoms with Crippen molar-refractivity contribution in [2.75, 3.05) is 12.4 Å². The van der Waals surface area contributed by atoms with E-state index in [1.165, 1.54) is 19.3 Å². The summed E-state index contributed by atoms with van der Waals surface area (Å²) in [5.41, 5.74) is 2.49. The summed E-state index contributed by atoms with van der Waals surface area (Å²) in [7, 11) is 1.26. The molecule has 1 heterocycles. The van der Waals surface area contributed by atoms with Crippen molar-refractivity contribution in [2.24, 2.45) is 0 Å². The molecule has 0 atom stereocenters. The van der Waals surface area contributed by atoms with Crippen LogP contribution in [-0.2, 0) is 9.53 Å². The fraction of sp³-hybridized carbons (Fsp3) is 0.0400. The molecular weight excluding hydrogens is 406 g/mol. The minimum atomic E-state index is -0.641. The molecule has 1 aromatic heterocycles. The van der Waals surface area contributed by atoms with Crippen molar-refractivity contribution in [3.63, 3.8) is 0 Å². The molecule has 0 unspecified atom stereocenters. The summed E-state index contributed by atoms with van der Waals surface area (Å²) in [5.74, 6) is -0.627. The highest BCUT2D eigenvalue weighted by Crippen LogP contribution is 2.29. The van der Waals surface area contributed by atoms with E-state index >= 15 is 0 Å². The Balaban J connectivity index is 1.66. The highest BCUT2D eigenvalue weighted by atomic mass is 16.5. The average molecular weight is 423 g/mol. The maximum Gasteiger partial charge on any atom is 0.339 e. The zero-order valence-corrected chi connectivity index (χ0v) is 17.0. The number of nitrogens with one attached hydrogen (secondary N) is 1. The van der Waals surface area contributed by atoms with Crippen molar-refractivity contribution < 1.29 is 18.8 Å². The van der Waals surface area contributed by atoms with Gasteiger partial charge in [0.2, 0.25) is 0 Å². The zero-order valence-electron chi connectivity index (χ0n) is 17.0. The quantitative estimate of drug-likeness (QED) is 0.280. The number of esters is 1. The molecule has 32 heavy (non-hydrogen) atoms. The standard InChI is InChI=1S/C25H17N3O4/c1-31-25(30)19-9-5-6-10-21(19)27-24(29)18(15-26)13-16-11-12-22-20(14-16)23(32-28-22)17-7-3-2-4-8-17/h2-14H,1H3,(H,27,29). The van der Waals surface area contributed by atoms with Crippen LogP contribution in [0, 0.1) is 11.3 Å². The van der Waals surface area contributed by atoms with Crippen molar-refractivity contribution >= 4 is 34.5 Å². The van der Waals surface area contributed by atoms with Gasteiger partial charge < -0.3 is 14.6 Å². The number of anilines is 1. The first-order valence-electron chi connectivity index (χ1n) is 9.66.